The number of ketones is 1. The summed E-state index contributed by atoms with van der Waals surface area (Å²) >= 11 is 0. The summed E-state index contributed by atoms with van der Waals surface area (Å²) in [5, 5.41) is 0. The number of carbonyl (C=O) groups excluding carboxylic acids is 2. The molecule has 0 rings (SSSR count). The molecular formula is C9H16O4. The molecule has 0 unspecified atom stereocenters. The van der Waals surface area contributed by atoms with E-state index in [-0.39, 0.29) is 18.8 Å². The summed E-state index contributed by atoms with van der Waals surface area (Å²) in [6, 6.07) is 0. The minimum atomic E-state index is -0.479. The van der Waals surface area contributed by atoms with Gasteiger partial charge in [-0.25, -0.2) is 0 Å². The van der Waals surface area contributed by atoms with Crippen LogP contribution in [0.2, 0.25) is 0 Å². The average Bonchev–Trinajstić information content (AvgIpc) is 2.02. The largest absolute Gasteiger partial charge is 0.463 e. The first-order valence-electron chi connectivity index (χ1n) is 4.39. The van der Waals surface area contributed by atoms with Crippen LogP contribution in [0.15, 0.2) is 0 Å². The van der Waals surface area contributed by atoms with Crippen LogP contribution in [0.25, 0.3) is 0 Å². The first-order valence-corrected chi connectivity index (χ1v) is 4.39. The van der Waals surface area contributed by atoms with Crippen molar-refractivity contribution in [2.75, 3.05) is 19.8 Å². The molecule has 0 spiro atoms. The predicted octanol–water partition coefficient (Wildman–Crippen LogP) is 0.935. The van der Waals surface area contributed by atoms with E-state index in [2.05, 4.69) is 0 Å². The van der Waals surface area contributed by atoms with E-state index in [1.54, 1.807) is 0 Å². The van der Waals surface area contributed by atoms with Crippen LogP contribution < -0.4 is 0 Å². The Kier molecular flexibility index (Phi) is 7.20. The van der Waals surface area contributed by atoms with Gasteiger partial charge in [-0.3, -0.25) is 9.59 Å². The van der Waals surface area contributed by atoms with Crippen LogP contribution in [0.5, 0.6) is 0 Å². The Morgan fingerprint density at radius 3 is 2.38 bits per heavy atom. The van der Waals surface area contributed by atoms with Crippen LogP contribution in [-0.4, -0.2) is 31.6 Å². The number of rotatable bonds is 7. The molecule has 0 aliphatic carbocycles. The van der Waals surface area contributed by atoms with E-state index in [1.165, 1.54) is 6.92 Å². The van der Waals surface area contributed by atoms with Crippen molar-refractivity contribution in [3.8, 4) is 0 Å². The lowest BCUT2D eigenvalue weighted by atomic mass is 10.3. The third kappa shape index (κ3) is 9.01. The molecule has 0 N–H and O–H groups in total. The number of esters is 1. The van der Waals surface area contributed by atoms with Crippen LogP contribution in [-0.2, 0) is 19.1 Å². The van der Waals surface area contributed by atoms with Gasteiger partial charge in [-0.15, -0.1) is 0 Å². The molecule has 0 fully saturated rings. The van der Waals surface area contributed by atoms with Crippen molar-refractivity contribution in [2.45, 2.75) is 26.7 Å². The van der Waals surface area contributed by atoms with Crippen LogP contribution in [0.4, 0.5) is 0 Å². The maximum atomic E-state index is 10.8. The fraction of sp³-hybridized carbons (Fsp3) is 0.778. The summed E-state index contributed by atoms with van der Waals surface area (Å²) in [4.78, 5) is 21.2. The number of hydrogen-bond donors (Lipinski definition) is 0. The molecular weight excluding hydrogens is 172 g/mol. The molecule has 0 aromatic rings. The second kappa shape index (κ2) is 7.73. The van der Waals surface area contributed by atoms with Gasteiger partial charge in [0.1, 0.15) is 18.8 Å². The molecule has 0 saturated carbocycles. The highest BCUT2D eigenvalue weighted by molar-refractivity contribution is 5.94. The fourth-order valence-electron chi connectivity index (χ4n) is 0.715. The average molecular weight is 188 g/mol. The van der Waals surface area contributed by atoms with Gasteiger partial charge in [0.25, 0.3) is 0 Å². The molecule has 0 radical (unpaired) electrons. The number of Topliss-reactive ketones (excluding diaryl/α,β-unsaturated/α-hetero) is 1. The molecule has 0 aromatic heterocycles. The lowest BCUT2D eigenvalue weighted by molar-refractivity contribution is -0.147. The van der Waals surface area contributed by atoms with E-state index >= 15 is 0 Å². The van der Waals surface area contributed by atoms with E-state index in [0.717, 1.165) is 6.42 Å². The molecule has 0 bridgehead atoms. The quantitative estimate of drug-likeness (QED) is 0.339. The van der Waals surface area contributed by atoms with E-state index < -0.39 is 5.97 Å². The SMILES string of the molecule is CCCOCCOC(=O)CC(C)=O. The molecule has 4 nitrogen and oxygen atoms in total. The van der Waals surface area contributed by atoms with Gasteiger partial charge in [0, 0.05) is 6.61 Å². The van der Waals surface area contributed by atoms with Crippen molar-refractivity contribution >= 4 is 11.8 Å². The Hall–Kier alpha value is -0.900. The minimum Gasteiger partial charge on any atom is -0.463 e. The third-order valence-corrected chi connectivity index (χ3v) is 1.23. The second-order valence-electron chi connectivity index (χ2n) is 2.71. The fourth-order valence-corrected chi connectivity index (χ4v) is 0.715. The van der Waals surface area contributed by atoms with Crippen LogP contribution in [0.1, 0.15) is 26.7 Å². The standard InChI is InChI=1S/C9H16O4/c1-3-4-12-5-6-13-9(11)7-8(2)10/h3-7H2,1-2H3. The van der Waals surface area contributed by atoms with Gasteiger partial charge in [-0.05, 0) is 13.3 Å². The summed E-state index contributed by atoms with van der Waals surface area (Å²) in [5.41, 5.74) is 0. The predicted molar refractivity (Wildman–Crippen MR) is 47.4 cm³/mol. The monoisotopic (exact) mass is 188 g/mol. The van der Waals surface area contributed by atoms with Gasteiger partial charge in [0.05, 0.1) is 6.61 Å². The van der Waals surface area contributed by atoms with Crippen molar-refractivity contribution in [1.82, 2.24) is 0 Å². The Labute approximate surface area is 78.2 Å². The smallest absolute Gasteiger partial charge is 0.313 e. The second-order valence-corrected chi connectivity index (χ2v) is 2.71. The van der Waals surface area contributed by atoms with Crippen molar-refractivity contribution in [1.29, 1.82) is 0 Å². The zero-order valence-electron chi connectivity index (χ0n) is 8.17. The molecule has 0 amide bonds. The molecule has 13 heavy (non-hydrogen) atoms. The topological polar surface area (TPSA) is 52.6 Å². The molecule has 0 aliphatic rings. The molecule has 0 saturated heterocycles. The molecule has 76 valence electrons. The van der Waals surface area contributed by atoms with Crippen molar-refractivity contribution in [3.63, 3.8) is 0 Å². The highest BCUT2D eigenvalue weighted by Gasteiger charge is 2.05. The van der Waals surface area contributed by atoms with E-state index in [0.29, 0.717) is 13.2 Å². The summed E-state index contributed by atoms with van der Waals surface area (Å²) in [7, 11) is 0. The van der Waals surface area contributed by atoms with Crippen molar-refractivity contribution in [3.05, 3.63) is 0 Å². The van der Waals surface area contributed by atoms with Crippen LogP contribution in [0, 0.1) is 0 Å². The first kappa shape index (κ1) is 12.1. The lowest BCUT2D eigenvalue weighted by Gasteiger charge is -2.03. The van der Waals surface area contributed by atoms with E-state index in [9.17, 15) is 9.59 Å². The molecule has 0 aromatic carbocycles. The van der Waals surface area contributed by atoms with Gasteiger partial charge >= 0.3 is 5.97 Å². The Morgan fingerprint density at radius 2 is 1.85 bits per heavy atom. The zero-order valence-corrected chi connectivity index (χ0v) is 8.17. The lowest BCUT2D eigenvalue weighted by Crippen LogP contribution is -2.13. The maximum Gasteiger partial charge on any atom is 0.313 e. The summed E-state index contributed by atoms with van der Waals surface area (Å²) in [6.07, 6.45) is 0.801. The molecule has 0 aliphatic heterocycles. The number of ether oxygens (including phenoxy) is 2. The van der Waals surface area contributed by atoms with Gasteiger partial charge in [-0.2, -0.15) is 0 Å². The summed E-state index contributed by atoms with van der Waals surface area (Å²) in [6.45, 7) is 4.66. The third-order valence-electron chi connectivity index (χ3n) is 1.23. The highest BCUT2D eigenvalue weighted by atomic mass is 16.6. The summed E-state index contributed by atoms with van der Waals surface area (Å²) in [5.74, 6) is -0.660. The Balaban J connectivity index is 3.22. The van der Waals surface area contributed by atoms with E-state index in [1.807, 2.05) is 6.92 Å². The van der Waals surface area contributed by atoms with Gasteiger partial charge < -0.3 is 9.47 Å². The minimum absolute atomic E-state index is 0.145. The number of carbonyl (C=O) groups is 2. The molecule has 0 atom stereocenters. The van der Waals surface area contributed by atoms with Crippen LogP contribution in [0.3, 0.4) is 0 Å². The zero-order chi connectivity index (χ0) is 10.1. The van der Waals surface area contributed by atoms with E-state index in [4.69, 9.17) is 9.47 Å². The van der Waals surface area contributed by atoms with Gasteiger partial charge in [0.15, 0.2) is 0 Å². The van der Waals surface area contributed by atoms with Gasteiger partial charge in [-0.1, -0.05) is 6.92 Å². The Bertz CT molecular complexity index is 165. The maximum absolute atomic E-state index is 10.8. The Morgan fingerprint density at radius 1 is 1.15 bits per heavy atom. The molecule has 4 heteroatoms. The van der Waals surface area contributed by atoms with Crippen molar-refractivity contribution < 1.29 is 19.1 Å². The highest BCUT2D eigenvalue weighted by Crippen LogP contribution is 1.88. The number of hydrogen-bond acceptors (Lipinski definition) is 4. The van der Waals surface area contributed by atoms with Crippen molar-refractivity contribution in [2.24, 2.45) is 0 Å². The first-order chi connectivity index (χ1) is 6.16. The molecule has 0 heterocycles. The normalized spacial score (nSPS) is 9.69. The van der Waals surface area contributed by atoms with Gasteiger partial charge in [0.2, 0.25) is 0 Å². The summed E-state index contributed by atoms with van der Waals surface area (Å²) < 4.78 is 9.79. The van der Waals surface area contributed by atoms with Crippen LogP contribution >= 0.6 is 0 Å².